The van der Waals surface area contributed by atoms with Gasteiger partial charge in [-0.15, -0.1) is 0 Å². The zero-order valence-electron chi connectivity index (χ0n) is 9.51. The summed E-state index contributed by atoms with van der Waals surface area (Å²) in [6.45, 7) is 1.95. The summed E-state index contributed by atoms with van der Waals surface area (Å²) in [4.78, 5) is 0. The maximum Gasteiger partial charge on any atom is 0.167 e. The van der Waals surface area contributed by atoms with E-state index in [0.29, 0.717) is 11.5 Å². The van der Waals surface area contributed by atoms with Crippen LogP contribution in [-0.2, 0) is 13.0 Å². The van der Waals surface area contributed by atoms with E-state index in [0.717, 1.165) is 17.7 Å². The van der Waals surface area contributed by atoms with Gasteiger partial charge in [-0.3, -0.25) is 0 Å². The molecule has 0 fully saturated rings. The lowest BCUT2D eigenvalue weighted by Gasteiger charge is -2.02. The van der Waals surface area contributed by atoms with Gasteiger partial charge in [0.05, 0.1) is 6.61 Å². The first-order chi connectivity index (χ1) is 8.26. The fourth-order valence-electron chi connectivity index (χ4n) is 2.10. The first kappa shape index (κ1) is 10.4. The minimum absolute atomic E-state index is 0.103. The Morgan fingerprint density at radius 1 is 1.41 bits per heavy atom. The lowest BCUT2D eigenvalue weighted by molar-refractivity contribution is 0.254. The summed E-state index contributed by atoms with van der Waals surface area (Å²) >= 11 is 0. The molecule has 0 amide bonds. The van der Waals surface area contributed by atoms with E-state index in [4.69, 9.17) is 14.4 Å². The van der Waals surface area contributed by atoms with Gasteiger partial charge in [0.1, 0.15) is 17.5 Å². The maximum atomic E-state index is 8.94. The van der Waals surface area contributed by atoms with Crippen molar-refractivity contribution in [3.8, 4) is 17.1 Å². The summed E-state index contributed by atoms with van der Waals surface area (Å²) in [7, 11) is 0. The van der Waals surface area contributed by atoms with Gasteiger partial charge < -0.3 is 14.4 Å². The Labute approximate surface area is 98.8 Å². The molecule has 1 atom stereocenters. The Morgan fingerprint density at radius 2 is 2.29 bits per heavy atom. The fourth-order valence-corrected chi connectivity index (χ4v) is 2.10. The Hall–Kier alpha value is -1.81. The highest BCUT2D eigenvalue weighted by atomic mass is 16.5. The van der Waals surface area contributed by atoms with E-state index in [9.17, 15) is 0 Å². The van der Waals surface area contributed by atoms with Crippen LogP contribution in [0.1, 0.15) is 18.2 Å². The molecule has 4 nitrogen and oxygen atoms in total. The second-order valence-electron chi connectivity index (χ2n) is 4.30. The number of ether oxygens (including phenoxy) is 1. The molecule has 88 valence electrons. The van der Waals surface area contributed by atoms with Gasteiger partial charge in [0.2, 0.25) is 0 Å². The standard InChI is InChI=1S/C13H13NO3/c1-8-4-10-5-9(2-3-12(10)16-8)13-6-11(7-15)14-17-13/h2-3,5-6,8,15H,4,7H2,1H3/t8-/m1/s1. The first-order valence-corrected chi connectivity index (χ1v) is 5.62. The Morgan fingerprint density at radius 3 is 3.06 bits per heavy atom. The van der Waals surface area contributed by atoms with Crippen LogP contribution in [0.15, 0.2) is 28.8 Å². The van der Waals surface area contributed by atoms with Gasteiger partial charge in [-0.2, -0.15) is 0 Å². The number of hydrogen-bond donors (Lipinski definition) is 1. The van der Waals surface area contributed by atoms with Crippen LogP contribution >= 0.6 is 0 Å². The summed E-state index contributed by atoms with van der Waals surface area (Å²) in [5.41, 5.74) is 2.70. The molecule has 0 radical (unpaired) electrons. The monoisotopic (exact) mass is 231 g/mol. The predicted molar refractivity (Wildman–Crippen MR) is 61.7 cm³/mol. The second kappa shape index (κ2) is 3.89. The zero-order valence-corrected chi connectivity index (χ0v) is 9.51. The largest absolute Gasteiger partial charge is 0.490 e. The van der Waals surface area contributed by atoms with Gasteiger partial charge in [-0.05, 0) is 30.7 Å². The van der Waals surface area contributed by atoms with Crippen molar-refractivity contribution < 1.29 is 14.4 Å². The lowest BCUT2D eigenvalue weighted by Crippen LogP contribution is -2.05. The van der Waals surface area contributed by atoms with Crippen molar-refractivity contribution in [2.45, 2.75) is 26.1 Å². The zero-order chi connectivity index (χ0) is 11.8. The van der Waals surface area contributed by atoms with Gasteiger partial charge in [0, 0.05) is 18.1 Å². The van der Waals surface area contributed by atoms with E-state index in [-0.39, 0.29) is 12.7 Å². The van der Waals surface area contributed by atoms with E-state index in [1.54, 1.807) is 6.07 Å². The number of fused-ring (bicyclic) bond motifs is 1. The minimum Gasteiger partial charge on any atom is -0.490 e. The highest BCUT2D eigenvalue weighted by molar-refractivity contribution is 5.61. The summed E-state index contributed by atoms with van der Waals surface area (Å²) in [6, 6.07) is 7.70. The molecular weight excluding hydrogens is 218 g/mol. The number of benzene rings is 1. The highest BCUT2D eigenvalue weighted by Crippen LogP contribution is 2.32. The summed E-state index contributed by atoms with van der Waals surface area (Å²) in [5.74, 6) is 1.62. The quantitative estimate of drug-likeness (QED) is 0.860. The normalized spacial score (nSPS) is 17.9. The van der Waals surface area contributed by atoms with Crippen LogP contribution in [0.25, 0.3) is 11.3 Å². The summed E-state index contributed by atoms with van der Waals surface area (Å²) in [6.07, 6.45) is 1.16. The van der Waals surface area contributed by atoms with Crippen LogP contribution in [0.2, 0.25) is 0 Å². The number of aliphatic hydroxyl groups is 1. The van der Waals surface area contributed by atoms with Crippen molar-refractivity contribution in [2.75, 3.05) is 0 Å². The number of rotatable bonds is 2. The smallest absolute Gasteiger partial charge is 0.167 e. The topological polar surface area (TPSA) is 55.5 Å². The molecule has 0 saturated heterocycles. The molecule has 3 rings (SSSR count). The van der Waals surface area contributed by atoms with Crippen molar-refractivity contribution >= 4 is 0 Å². The molecule has 2 heterocycles. The van der Waals surface area contributed by atoms with Crippen molar-refractivity contribution in [3.05, 3.63) is 35.5 Å². The Kier molecular flexibility index (Phi) is 2.37. The molecular formula is C13H13NO3. The van der Waals surface area contributed by atoms with Crippen LogP contribution in [0.4, 0.5) is 0 Å². The van der Waals surface area contributed by atoms with Crippen molar-refractivity contribution in [1.82, 2.24) is 5.16 Å². The molecule has 0 aliphatic carbocycles. The molecule has 0 spiro atoms. The number of aliphatic hydroxyl groups excluding tert-OH is 1. The van der Waals surface area contributed by atoms with E-state index >= 15 is 0 Å². The van der Waals surface area contributed by atoms with E-state index in [1.165, 1.54) is 5.56 Å². The van der Waals surface area contributed by atoms with Gasteiger partial charge in [0.15, 0.2) is 5.76 Å². The third-order valence-electron chi connectivity index (χ3n) is 2.90. The predicted octanol–water partition coefficient (Wildman–Crippen LogP) is 2.16. The molecule has 1 N–H and O–H groups in total. The lowest BCUT2D eigenvalue weighted by atomic mass is 10.1. The van der Waals surface area contributed by atoms with E-state index in [2.05, 4.69) is 18.1 Å². The summed E-state index contributed by atoms with van der Waals surface area (Å²) < 4.78 is 10.8. The van der Waals surface area contributed by atoms with Crippen LogP contribution in [-0.4, -0.2) is 16.4 Å². The Balaban J connectivity index is 1.97. The number of hydrogen-bond acceptors (Lipinski definition) is 4. The molecule has 1 aliphatic rings. The van der Waals surface area contributed by atoms with Crippen LogP contribution < -0.4 is 4.74 Å². The molecule has 4 heteroatoms. The highest BCUT2D eigenvalue weighted by Gasteiger charge is 2.19. The third kappa shape index (κ3) is 1.80. The molecule has 1 aliphatic heterocycles. The molecule has 1 aromatic carbocycles. The van der Waals surface area contributed by atoms with Crippen molar-refractivity contribution in [3.63, 3.8) is 0 Å². The molecule has 0 bridgehead atoms. The molecule has 0 unspecified atom stereocenters. The third-order valence-corrected chi connectivity index (χ3v) is 2.90. The van der Waals surface area contributed by atoms with Crippen LogP contribution in [0.3, 0.4) is 0 Å². The fraction of sp³-hybridized carbons (Fsp3) is 0.308. The van der Waals surface area contributed by atoms with Crippen molar-refractivity contribution in [2.24, 2.45) is 0 Å². The van der Waals surface area contributed by atoms with E-state index < -0.39 is 0 Å². The molecule has 17 heavy (non-hydrogen) atoms. The van der Waals surface area contributed by atoms with Crippen LogP contribution in [0, 0.1) is 0 Å². The number of nitrogens with zero attached hydrogens (tertiary/aromatic N) is 1. The average Bonchev–Trinajstić information content (AvgIpc) is 2.92. The SMILES string of the molecule is C[C@@H]1Cc2cc(-c3cc(CO)no3)ccc2O1. The molecule has 0 saturated carbocycles. The number of aromatic nitrogens is 1. The van der Waals surface area contributed by atoms with Gasteiger partial charge in [-0.25, -0.2) is 0 Å². The van der Waals surface area contributed by atoms with Gasteiger partial charge >= 0.3 is 0 Å². The summed E-state index contributed by atoms with van der Waals surface area (Å²) in [5, 5.41) is 12.7. The van der Waals surface area contributed by atoms with E-state index in [1.807, 2.05) is 12.1 Å². The Bertz CT molecular complexity index is 547. The second-order valence-corrected chi connectivity index (χ2v) is 4.30. The van der Waals surface area contributed by atoms with Crippen LogP contribution in [0.5, 0.6) is 5.75 Å². The minimum atomic E-state index is -0.103. The van der Waals surface area contributed by atoms with Crippen molar-refractivity contribution in [1.29, 1.82) is 0 Å². The average molecular weight is 231 g/mol. The first-order valence-electron chi connectivity index (χ1n) is 5.62. The maximum absolute atomic E-state index is 8.94. The molecule has 2 aromatic rings. The van der Waals surface area contributed by atoms with Gasteiger partial charge in [0.25, 0.3) is 0 Å². The van der Waals surface area contributed by atoms with Gasteiger partial charge in [-0.1, -0.05) is 5.16 Å². The molecule has 1 aromatic heterocycles.